The van der Waals surface area contributed by atoms with E-state index in [0.717, 1.165) is 22.9 Å². The molecule has 1 aromatic heterocycles. The quantitative estimate of drug-likeness (QED) is 0.795. The van der Waals surface area contributed by atoms with Crippen LogP contribution in [-0.2, 0) is 20.7 Å². The first-order valence-electron chi connectivity index (χ1n) is 5.67. The van der Waals surface area contributed by atoms with Crippen LogP contribution in [0.15, 0.2) is 36.4 Å². The topological polar surface area (TPSA) is 56.3 Å². The van der Waals surface area contributed by atoms with E-state index >= 15 is 0 Å². The Kier molecular flexibility index (Phi) is 3.63. The van der Waals surface area contributed by atoms with E-state index in [2.05, 4.69) is 4.98 Å². The minimum Gasteiger partial charge on any atom is -0.267 e. The Morgan fingerprint density at radius 2 is 1.94 bits per heavy atom. The summed E-state index contributed by atoms with van der Waals surface area (Å²) in [7, 11) is -3.41. The monoisotopic (exact) mass is 265 g/mol. The molecule has 1 unspecified atom stereocenters. The highest BCUT2D eigenvalue weighted by molar-refractivity contribution is 7.86. The number of fused-ring (bicyclic) bond motifs is 1. The number of benzene rings is 1. The fraction of sp³-hybridized carbons (Fsp3) is 0.308. The highest BCUT2D eigenvalue weighted by Gasteiger charge is 2.11. The summed E-state index contributed by atoms with van der Waals surface area (Å²) in [6.45, 7) is 1.72. The van der Waals surface area contributed by atoms with Crippen LogP contribution in [0.3, 0.4) is 0 Å². The van der Waals surface area contributed by atoms with E-state index in [4.69, 9.17) is 4.18 Å². The fourth-order valence-electron chi connectivity index (χ4n) is 1.85. The van der Waals surface area contributed by atoms with E-state index in [1.54, 1.807) is 6.92 Å². The minimum atomic E-state index is -3.41. The third-order valence-corrected chi connectivity index (χ3v) is 3.17. The van der Waals surface area contributed by atoms with Crippen molar-refractivity contribution in [3.63, 3.8) is 0 Å². The van der Waals surface area contributed by atoms with Gasteiger partial charge in [0, 0.05) is 17.5 Å². The number of pyridine rings is 1. The van der Waals surface area contributed by atoms with Gasteiger partial charge < -0.3 is 0 Å². The summed E-state index contributed by atoms with van der Waals surface area (Å²) < 4.78 is 26.9. The zero-order valence-electron chi connectivity index (χ0n) is 10.3. The van der Waals surface area contributed by atoms with Crippen molar-refractivity contribution in [2.45, 2.75) is 19.4 Å². The second kappa shape index (κ2) is 5.04. The minimum absolute atomic E-state index is 0.409. The summed E-state index contributed by atoms with van der Waals surface area (Å²) in [5.41, 5.74) is 1.73. The Balaban J connectivity index is 2.17. The Hall–Kier alpha value is -1.46. The molecule has 2 rings (SSSR count). The van der Waals surface area contributed by atoms with Crippen molar-refractivity contribution in [3.8, 4) is 0 Å². The maximum Gasteiger partial charge on any atom is 0.264 e. The number of aromatic nitrogens is 1. The van der Waals surface area contributed by atoms with Gasteiger partial charge in [-0.15, -0.1) is 0 Å². The molecule has 0 aliphatic rings. The standard InChI is InChI=1S/C13H15NO3S/c1-10(17-18(2,15)16)9-12-8-7-11-5-3-4-6-13(11)14-12/h3-8,10H,9H2,1-2H3. The van der Waals surface area contributed by atoms with Crippen LogP contribution in [0.5, 0.6) is 0 Å². The zero-order chi connectivity index (χ0) is 13.2. The fourth-order valence-corrected chi connectivity index (χ4v) is 2.51. The molecule has 1 aromatic carbocycles. The molecule has 0 radical (unpaired) electrons. The van der Waals surface area contributed by atoms with Crippen LogP contribution in [0.1, 0.15) is 12.6 Å². The summed E-state index contributed by atoms with van der Waals surface area (Å²) in [6.07, 6.45) is 1.11. The SMILES string of the molecule is CC(Cc1ccc2ccccc2n1)OS(C)(=O)=O. The highest BCUT2D eigenvalue weighted by atomic mass is 32.2. The van der Waals surface area contributed by atoms with Crippen molar-refractivity contribution >= 4 is 21.0 Å². The Labute approximate surface area is 107 Å². The first-order chi connectivity index (χ1) is 8.44. The molecular formula is C13H15NO3S. The van der Waals surface area contributed by atoms with Gasteiger partial charge in [-0.1, -0.05) is 24.3 Å². The molecule has 0 N–H and O–H groups in total. The van der Waals surface area contributed by atoms with Crippen LogP contribution in [0, 0.1) is 0 Å². The molecule has 2 aromatic rings. The largest absolute Gasteiger partial charge is 0.267 e. The lowest BCUT2D eigenvalue weighted by atomic mass is 10.1. The third kappa shape index (κ3) is 3.51. The van der Waals surface area contributed by atoms with Crippen molar-refractivity contribution in [1.29, 1.82) is 0 Å². The first kappa shape index (κ1) is 13.0. The van der Waals surface area contributed by atoms with E-state index in [9.17, 15) is 8.42 Å². The van der Waals surface area contributed by atoms with Crippen molar-refractivity contribution in [2.75, 3.05) is 6.26 Å². The lowest BCUT2D eigenvalue weighted by Gasteiger charge is -2.10. The lowest BCUT2D eigenvalue weighted by molar-refractivity contribution is 0.230. The molecule has 0 amide bonds. The maximum atomic E-state index is 11.0. The van der Waals surface area contributed by atoms with E-state index in [1.165, 1.54) is 0 Å². The second-order valence-corrected chi connectivity index (χ2v) is 5.91. The van der Waals surface area contributed by atoms with Gasteiger partial charge in [0.1, 0.15) is 0 Å². The van der Waals surface area contributed by atoms with Gasteiger partial charge in [0.15, 0.2) is 0 Å². The number of rotatable bonds is 4. The molecule has 0 fully saturated rings. The van der Waals surface area contributed by atoms with Gasteiger partial charge in [-0.3, -0.25) is 9.17 Å². The normalized spacial score (nSPS) is 13.7. The van der Waals surface area contributed by atoms with Crippen LogP contribution >= 0.6 is 0 Å². The number of hydrogen-bond donors (Lipinski definition) is 0. The molecule has 96 valence electrons. The molecule has 0 aliphatic heterocycles. The van der Waals surface area contributed by atoms with Crippen LogP contribution in [-0.4, -0.2) is 25.8 Å². The van der Waals surface area contributed by atoms with Crippen molar-refractivity contribution in [2.24, 2.45) is 0 Å². The molecule has 5 heteroatoms. The molecule has 0 bridgehead atoms. The van der Waals surface area contributed by atoms with E-state index in [-0.39, 0.29) is 0 Å². The van der Waals surface area contributed by atoms with Crippen LogP contribution in [0.25, 0.3) is 10.9 Å². The second-order valence-electron chi connectivity index (χ2n) is 4.31. The first-order valence-corrected chi connectivity index (χ1v) is 7.48. The van der Waals surface area contributed by atoms with Gasteiger partial charge in [-0.2, -0.15) is 8.42 Å². The molecular weight excluding hydrogens is 250 g/mol. The van der Waals surface area contributed by atoms with Gasteiger partial charge in [0.2, 0.25) is 0 Å². The Bertz CT molecular complexity index is 652. The van der Waals surface area contributed by atoms with Gasteiger partial charge in [-0.05, 0) is 19.1 Å². The molecule has 18 heavy (non-hydrogen) atoms. The predicted octanol–water partition coefficient (Wildman–Crippen LogP) is 2.14. The van der Waals surface area contributed by atoms with Crippen LogP contribution in [0.4, 0.5) is 0 Å². The maximum absolute atomic E-state index is 11.0. The predicted molar refractivity (Wildman–Crippen MR) is 70.8 cm³/mol. The van der Waals surface area contributed by atoms with Gasteiger partial charge in [0.05, 0.1) is 17.9 Å². The van der Waals surface area contributed by atoms with Crippen molar-refractivity contribution < 1.29 is 12.6 Å². The van der Waals surface area contributed by atoms with Crippen molar-refractivity contribution in [1.82, 2.24) is 4.98 Å². The van der Waals surface area contributed by atoms with Gasteiger partial charge in [-0.25, -0.2) is 0 Å². The molecule has 1 heterocycles. The summed E-state index contributed by atoms with van der Waals surface area (Å²) >= 11 is 0. The summed E-state index contributed by atoms with van der Waals surface area (Å²) in [4.78, 5) is 4.47. The zero-order valence-corrected chi connectivity index (χ0v) is 11.1. The average Bonchev–Trinajstić information content (AvgIpc) is 2.26. The van der Waals surface area contributed by atoms with Gasteiger partial charge in [0.25, 0.3) is 10.1 Å². The summed E-state index contributed by atoms with van der Waals surface area (Å²) in [5, 5.41) is 1.07. The lowest BCUT2D eigenvalue weighted by Crippen LogP contribution is -2.17. The number of para-hydroxylation sites is 1. The highest BCUT2D eigenvalue weighted by Crippen LogP contribution is 2.13. The van der Waals surface area contributed by atoms with E-state index in [1.807, 2.05) is 36.4 Å². The average molecular weight is 265 g/mol. The number of nitrogens with zero attached hydrogens (tertiary/aromatic N) is 1. The molecule has 0 aliphatic carbocycles. The van der Waals surface area contributed by atoms with Gasteiger partial charge >= 0.3 is 0 Å². The van der Waals surface area contributed by atoms with E-state index in [0.29, 0.717) is 6.42 Å². The molecule has 0 spiro atoms. The smallest absolute Gasteiger partial charge is 0.264 e. The summed E-state index contributed by atoms with van der Waals surface area (Å²) in [6, 6.07) is 11.7. The summed E-state index contributed by atoms with van der Waals surface area (Å²) in [5.74, 6) is 0. The van der Waals surface area contributed by atoms with Crippen molar-refractivity contribution in [3.05, 3.63) is 42.1 Å². The molecule has 0 saturated carbocycles. The molecule has 1 atom stereocenters. The Morgan fingerprint density at radius 3 is 2.67 bits per heavy atom. The Morgan fingerprint density at radius 1 is 1.22 bits per heavy atom. The number of hydrogen-bond acceptors (Lipinski definition) is 4. The van der Waals surface area contributed by atoms with Crippen LogP contribution in [0.2, 0.25) is 0 Å². The van der Waals surface area contributed by atoms with Crippen LogP contribution < -0.4 is 0 Å². The van der Waals surface area contributed by atoms with E-state index < -0.39 is 16.2 Å². The molecule has 0 saturated heterocycles. The molecule has 4 nitrogen and oxygen atoms in total. The third-order valence-electron chi connectivity index (χ3n) is 2.49.